The van der Waals surface area contributed by atoms with Crippen molar-refractivity contribution in [3.8, 4) is 5.75 Å². The van der Waals surface area contributed by atoms with Gasteiger partial charge >= 0.3 is 5.97 Å². The van der Waals surface area contributed by atoms with Crippen molar-refractivity contribution in [2.24, 2.45) is 0 Å². The van der Waals surface area contributed by atoms with Gasteiger partial charge in [-0.2, -0.15) is 0 Å². The number of hydrogen-bond donors (Lipinski definition) is 1. The van der Waals surface area contributed by atoms with Crippen molar-refractivity contribution >= 4 is 5.97 Å². The monoisotopic (exact) mass is 252 g/mol. The van der Waals surface area contributed by atoms with Crippen LogP contribution in [0.1, 0.15) is 42.6 Å². The summed E-state index contributed by atoms with van der Waals surface area (Å²) in [4.78, 5) is 10.9. The largest absolute Gasteiger partial charge is 0.496 e. The van der Waals surface area contributed by atoms with Crippen LogP contribution in [0.15, 0.2) is 18.2 Å². The van der Waals surface area contributed by atoms with Gasteiger partial charge in [-0.25, -0.2) is 4.79 Å². The summed E-state index contributed by atoms with van der Waals surface area (Å²) < 4.78 is 10.7. The lowest BCUT2D eigenvalue weighted by atomic mass is 10.1. The van der Waals surface area contributed by atoms with E-state index in [1.807, 2.05) is 6.92 Å². The average Bonchev–Trinajstić information content (AvgIpc) is 2.36. The van der Waals surface area contributed by atoms with Gasteiger partial charge < -0.3 is 14.6 Å². The van der Waals surface area contributed by atoms with Crippen LogP contribution in [0.4, 0.5) is 0 Å². The van der Waals surface area contributed by atoms with Gasteiger partial charge in [-0.1, -0.05) is 19.4 Å². The van der Waals surface area contributed by atoms with Crippen LogP contribution in [0.2, 0.25) is 0 Å². The second kappa shape index (κ2) is 7.01. The second-order valence-electron chi connectivity index (χ2n) is 4.25. The highest BCUT2D eigenvalue weighted by Crippen LogP contribution is 2.21. The summed E-state index contributed by atoms with van der Waals surface area (Å²) >= 11 is 0. The number of carboxylic acids is 1. The molecule has 0 radical (unpaired) electrons. The third-order valence-electron chi connectivity index (χ3n) is 2.73. The van der Waals surface area contributed by atoms with Crippen molar-refractivity contribution < 1.29 is 19.4 Å². The first-order valence-corrected chi connectivity index (χ1v) is 6.10. The molecule has 18 heavy (non-hydrogen) atoms. The van der Waals surface area contributed by atoms with Gasteiger partial charge in [0.25, 0.3) is 0 Å². The van der Waals surface area contributed by atoms with Crippen LogP contribution in [0.3, 0.4) is 0 Å². The molecule has 4 heteroatoms. The molecule has 1 atom stereocenters. The molecule has 0 amide bonds. The zero-order chi connectivity index (χ0) is 13.5. The van der Waals surface area contributed by atoms with Crippen molar-refractivity contribution in [1.29, 1.82) is 0 Å². The van der Waals surface area contributed by atoms with Crippen LogP contribution >= 0.6 is 0 Å². The normalized spacial score (nSPS) is 12.2. The Kier molecular flexibility index (Phi) is 5.65. The Bertz CT molecular complexity index is 401. The quantitative estimate of drug-likeness (QED) is 0.810. The fourth-order valence-corrected chi connectivity index (χ4v) is 1.73. The highest BCUT2D eigenvalue weighted by Gasteiger charge is 2.11. The van der Waals surface area contributed by atoms with E-state index >= 15 is 0 Å². The van der Waals surface area contributed by atoms with E-state index in [-0.39, 0.29) is 11.7 Å². The maximum Gasteiger partial charge on any atom is 0.339 e. The van der Waals surface area contributed by atoms with Crippen molar-refractivity contribution in [3.63, 3.8) is 0 Å². The Morgan fingerprint density at radius 1 is 1.44 bits per heavy atom. The van der Waals surface area contributed by atoms with E-state index in [2.05, 4.69) is 6.92 Å². The van der Waals surface area contributed by atoms with Crippen LogP contribution in [0.25, 0.3) is 0 Å². The lowest BCUT2D eigenvalue weighted by molar-refractivity contribution is 0.0470. The van der Waals surface area contributed by atoms with Gasteiger partial charge in [-0.3, -0.25) is 0 Å². The summed E-state index contributed by atoms with van der Waals surface area (Å²) in [5, 5.41) is 8.96. The topological polar surface area (TPSA) is 55.8 Å². The van der Waals surface area contributed by atoms with E-state index in [0.29, 0.717) is 12.4 Å². The Labute approximate surface area is 108 Å². The fourth-order valence-electron chi connectivity index (χ4n) is 1.73. The van der Waals surface area contributed by atoms with Gasteiger partial charge in [0.05, 0.1) is 19.8 Å². The standard InChI is InChI=1S/C14H20O4/c1-4-5-10(2)18-9-11-6-7-12(14(15)16)13(8-11)17-3/h6-8,10H,4-5,9H2,1-3H3,(H,15,16). The number of aromatic carboxylic acids is 1. The Morgan fingerprint density at radius 2 is 2.17 bits per heavy atom. The molecule has 0 aromatic heterocycles. The molecule has 100 valence electrons. The van der Waals surface area contributed by atoms with Crippen molar-refractivity contribution in [3.05, 3.63) is 29.3 Å². The van der Waals surface area contributed by atoms with Gasteiger partial charge in [0.15, 0.2) is 0 Å². The van der Waals surface area contributed by atoms with Crippen LogP contribution in [0.5, 0.6) is 5.75 Å². The molecular formula is C14H20O4. The molecule has 1 aromatic rings. The number of carboxylic acid groups (broad SMARTS) is 1. The first-order chi connectivity index (χ1) is 8.58. The molecule has 0 bridgehead atoms. The molecule has 0 spiro atoms. The van der Waals surface area contributed by atoms with E-state index in [9.17, 15) is 4.79 Å². The zero-order valence-electron chi connectivity index (χ0n) is 11.1. The molecule has 4 nitrogen and oxygen atoms in total. The Balaban J connectivity index is 2.71. The predicted molar refractivity (Wildman–Crippen MR) is 69.1 cm³/mol. The number of methoxy groups -OCH3 is 1. The summed E-state index contributed by atoms with van der Waals surface area (Å²) in [5.41, 5.74) is 1.09. The number of ether oxygens (including phenoxy) is 2. The maximum absolute atomic E-state index is 10.9. The number of benzene rings is 1. The molecular weight excluding hydrogens is 232 g/mol. The van der Waals surface area contributed by atoms with E-state index in [4.69, 9.17) is 14.6 Å². The van der Waals surface area contributed by atoms with Crippen LogP contribution < -0.4 is 4.74 Å². The second-order valence-corrected chi connectivity index (χ2v) is 4.25. The van der Waals surface area contributed by atoms with Crippen molar-refractivity contribution in [2.45, 2.75) is 39.4 Å². The Hall–Kier alpha value is -1.55. The third-order valence-corrected chi connectivity index (χ3v) is 2.73. The minimum atomic E-state index is -0.987. The molecule has 0 saturated heterocycles. The smallest absolute Gasteiger partial charge is 0.339 e. The van der Waals surface area contributed by atoms with Crippen LogP contribution in [-0.2, 0) is 11.3 Å². The molecule has 1 unspecified atom stereocenters. The molecule has 1 rings (SSSR count). The molecule has 0 aliphatic carbocycles. The summed E-state index contributed by atoms with van der Waals surface area (Å²) in [6, 6.07) is 5.01. The average molecular weight is 252 g/mol. The van der Waals surface area contributed by atoms with Crippen molar-refractivity contribution in [2.75, 3.05) is 7.11 Å². The number of carbonyl (C=O) groups is 1. The van der Waals surface area contributed by atoms with E-state index < -0.39 is 5.97 Å². The molecule has 0 heterocycles. The minimum absolute atomic E-state index is 0.169. The van der Waals surface area contributed by atoms with Gasteiger partial charge in [0.2, 0.25) is 0 Å². The first kappa shape index (κ1) is 14.5. The zero-order valence-corrected chi connectivity index (χ0v) is 11.1. The fraction of sp³-hybridized carbons (Fsp3) is 0.500. The summed E-state index contributed by atoms with van der Waals surface area (Å²) in [7, 11) is 1.46. The predicted octanol–water partition coefficient (Wildman–Crippen LogP) is 3.10. The SMILES string of the molecule is CCCC(C)OCc1ccc(C(=O)O)c(OC)c1. The van der Waals surface area contributed by atoms with E-state index in [1.54, 1.807) is 18.2 Å². The lowest BCUT2D eigenvalue weighted by Gasteiger charge is -2.13. The van der Waals surface area contributed by atoms with Gasteiger partial charge in [-0.05, 0) is 31.0 Å². The Morgan fingerprint density at radius 3 is 2.72 bits per heavy atom. The van der Waals surface area contributed by atoms with E-state index in [1.165, 1.54) is 7.11 Å². The molecule has 0 aliphatic rings. The maximum atomic E-state index is 10.9. The molecule has 0 aliphatic heterocycles. The van der Waals surface area contributed by atoms with Crippen LogP contribution in [-0.4, -0.2) is 24.3 Å². The molecule has 1 N–H and O–H groups in total. The summed E-state index contributed by atoms with van der Waals surface area (Å²) in [5.74, 6) is -0.620. The van der Waals surface area contributed by atoms with Crippen LogP contribution in [0, 0.1) is 0 Å². The summed E-state index contributed by atoms with van der Waals surface area (Å²) in [6.07, 6.45) is 2.31. The highest BCUT2D eigenvalue weighted by molar-refractivity contribution is 5.90. The van der Waals surface area contributed by atoms with E-state index in [0.717, 1.165) is 18.4 Å². The van der Waals surface area contributed by atoms with Gasteiger partial charge in [0, 0.05) is 0 Å². The number of rotatable bonds is 7. The highest BCUT2D eigenvalue weighted by atomic mass is 16.5. The van der Waals surface area contributed by atoms with Crippen molar-refractivity contribution in [1.82, 2.24) is 0 Å². The molecule has 0 saturated carbocycles. The summed E-state index contributed by atoms with van der Waals surface area (Å²) in [6.45, 7) is 4.62. The van der Waals surface area contributed by atoms with Gasteiger partial charge in [0.1, 0.15) is 11.3 Å². The minimum Gasteiger partial charge on any atom is -0.496 e. The lowest BCUT2D eigenvalue weighted by Crippen LogP contribution is -2.08. The van der Waals surface area contributed by atoms with Gasteiger partial charge in [-0.15, -0.1) is 0 Å². The third kappa shape index (κ3) is 4.04. The molecule has 1 aromatic carbocycles. The molecule has 0 fully saturated rings. The number of hydrogen-bond acceptors (Lipinski definition) is 3. The first-order valence-electron chi connectivity index (χ1n) is 6.10.